The number of hydrogen-bond acceptors (Lipinski definition) is 5. The summed E-state index contributed by atoms with van der Waals surface area (Å²) >= 11 is 0. The summed E-state index contributed by atoms with van der Waals surface area (Å²) in [6.45, 7) is 0.749. The van der Waals surface area contributed by atoms with Crippen LogP contribution in [0.3, 0.4) is 0 Å². The van der Waals surface area contributed by atoms with Gasteiger partial charge in [-0.15, -0.1) is 0 Å². The molecule has 2 atom stereocenters. The molecule has 7 heteroatoms. The summed E-state index contributed by atoms with van der Waals surface area (Å²) < 4.78 is 9.49. The molecule has 3 aromatic heterocycles. The fraction of sp³-hybridized carbons (Fsp3) is 0.400. The number of aryl methyl sites for hydroxylation is 2. The van der Waals surface area contributed by atoms with E-state index in [9.17, 15) is 0 Å². The number of aromatic nitrogens is 5. The van der Waals surface area contributed by atoms with E-state index in [1.807, 2.05) is 38.8 Å². The van der Waals surface area contributed by atoms with Crippen LogP contribution in [-0.4, -0.2) is 37.2 Å². The van der Waals surface area contributed by atoms with Crippen LogP contribution in [0.4, 0.5) is 5.69 Å². The Hall–Kier alpha value is -2.41. The van der Waals surface area contributed by atoms with Gasteiger partial charge in [0.1, 0.15) is 6.10 Å². The van der Waals surface area contributed by atoms with E-state index in [1.54, 1.807) is 15.6 Å². The second-order valence-electron chi connectivity index (χ2n) is 5.64. The Morgan fingerprint density at radius 2 is 2.18 bits per heavy atom. The fourth-order valence-corrected chi connectivity index (χ4v) is 3.02. The van der Waals surface area contributed by atoms with Gasteiger partial charge in [-0.1, -0.05) is 0 Å². The Morgan fingerprint density at radius 3 is 3.00 bits per heavy atom. The van der Waals surface area contributed by atoms with Gasteiger partial charge in [-0.3, -0.25) is 9.36 Å². The highest BCUT2D eigenvalue weighted by Crippen LogP contribution is 2.32. The molecular weight excluding hydrogens is 280 g/mol. The lowest BCUT2D eigenvalue weighted by molar-refractivity contribution is 0.107. The molecule has 0 amide bonds. The summed E-state index contributed by atoms with van der Waals surface area (Å²) in [6, 6.07) is 2.21. The van der Waals surface area contributed by atoms with Crippen LogP contribution in [0.1, 0.15) is 18.1 Å². The van der Waals surface area contributed by atoms with Crippen molar-refractivity contribution in [2.45, 2.75) is 18.6 Å². The molecule has 0 saturated carbocycles. The van der Waals surface area contributed by atoms with E-state index in [2.05, 4.69) is 20.5 Å². The van der Waals surface area contributed by atoms with Crippen LogP contribution in [0.5, 0.6) is 0 Å². The maximum atomic E-state index is 5.90. The second-order valence-corrected chi connectivity index (χ2v) is 5.64. The Labute approximate surface area is 127 Å². The summed E-state index contributed by atoms with van der Waals surface area (Å²) in [5.41, 5.74) is 3.03. The SMILES string of the molecule is Cn1cc([C@H]2OCC[C@@H]2Nc2ccnc3c2cnn3C)cn1. The topological polar surface area (TPSA) is 69.8 Å². The number of rotatable bonds is 3. The molecule has 7 nitrogen and oxygen atoms in total. The third-order valence-corrected chi connectivity index (χ3v) is 4.12. The standard InChI is InChI=1S/C15H18N6O/c1-20-9-10(7-17-20)14-13(4-6-22-14)19-12-3-5-16-15-11(12)8-18-21(15)2/h3,5,7-9,13-14H,4,6H2,1-2H3,(H,16,19)/t13-,14+/m0/s1. The van der Waals surface area contributed by atoms with E-state index in [0.717, 1.165) is 35.3 Å². The van der Waals surface area contributed by atoms with Crippen LogP contribution in [0, 0.1) is 0 Å². The van der Waals surface area contributed by atoms with Crippen molar-refractivity contribution >= 4 is 16.7 Å². The van der Waals surface area contributed by atoms with Gasteiger partial charge in [-0.25, -0.2) is 4.98 Å². The predicted molar refractivity (Wildman–Crippen MR) is 82.4 cm³/mol. The average Bonchev–Trinajstić information content (AvgIpc) is 3.21. The average molecular weight is 298 g/mol. The minimum Gasteiger partial charge on any atom is -0.379 e. The quantitative estimate of drug-likeness (QED) is 0.796. The molecule has 3 aromatic rings. The van der Waals surface area contributed by atoms with Crippen LogP contribution in [-0.2, 0) is 18.8 Å². The Morgan fingerprint density at radius 1 is 1.27 bits per heavy atom. The fourth-order valence-electron chi connectivity index (χ4n) is 3.02. The van der Waals surface area contributed by atoms with Crippen LogP contribution < -0.4 is 5.32 Å². The molecule has 4 heterocycles. The molecule has 1 N–H and O–H groups in total. The smallest absolute Gasteiger partial charge is 0.159 e. The van der Waals surface area contributed by atoms with Gasteiger partial charge >= 0.3 is 0 Å². The van der Waals surface area contributed by atoms with Gasteiger partial charge in [-0.2, -0.15) is 10.2 Å². The van der Waals surface area contributed by atoms with Crippen LogP contribution in [0.15, 0.2) is 30.9 Å². The van der Waals surface area contributed by atoms with Gasteiger partial charge in [-0.05, 0) is 12.5 Å². The van der Waals surface area contributed by atoms with Crippen molar-refractivity contribution in [1.82, 2.24) is 24.5 Å². The van der Waals surface area contributed by atoms with E-state index in [0.29, 0.717) is 0 Å². The largest absolute Gasteiger partial charge is 0.379 e. The number of hydrogen-bond donors (Lipinski definition) is 1. The molecule has 0 aliphatic carbocycles. The Balaban J connectivity index is 1.64. The van der Waals surface area contributed by atoms with Crippen molar-refractivity contribution in [3.05, 3.63) is 36.4 Å². The molecule has 0 unspecified atom stereocenters. The van der Waals surface area contributed by atoms with E-state index < -0.39 is 0 Å². The summed E-state index contributed by atoms with van der Waals surface area (Å²) in [6.07, 6.45) is 8.52. The molecule has 1 aliphatic heterocycles. The minimum atomic E-state index is 0.0218. The van der Waals surface area contributed by atoms with Crippen molar-refractivity contribution in [1.29, 1.82) is 0 Å². The summed E-state index contributed by atoms with van der Waals surface area (Å²) in [5, 5.41) is 13.2. The Kier molecular flexibility index (Phi) is 3.07. The third-order valence-electron chi connectivity index (χ3n) is 4.12. The predicted octanol–water partition coefficient (Wildman–Crippen LogP) is 1.64. The zero-order chi connectivity index (χ0) is 15.1. The van der Waals surface area contributed by atoms with Gasteiger partial charge in [0.25, 0.3) is 0 Å². The van der Waals surface area contributed by atoms with E-state index in [4.69, 9.17) is 4.74 Å². The molecule has 0 spiro atoms. The van der Waals surface area contributed by atoms with Crippen molar-refractivity contribution in [2.75, 3.05) is 11.9 Å². The highest BCUT2D eigenvalue weighted by atomic mass is 16.5. The first-order valence-electron chi connectivity index (χ1n) is 7.36. The van der Waals surface area contributed by atoms with Gasteiger partial charge in [0.05, 0.1) is 23.8 Å². The lowest BCUT2D eigenvalue weighted by Crippen LogP contribution is -2.23. The summed E-state index contributed by atoms with van der Waals surface area (Å²) in [4.78, 5) is 4.37. The normalized spacial score (nSPS) is 21.5. The molecule has 114 valence electrons. The highest BCUT2D eigenvalue weighted by Gasteiger charge is 2.31. The summed E-state index contributed by atoms with van der Waals surface area (Å²) in [7, 11) is 3.82. The summed E-state index contributed by atoms with van der Waals surface area (Å²) in [5.74, 6) is 0. The molecule has 22 heavy (non-hydrogen) atoms. The van der Waals surface area contributed by atoms with Crippen LogP contribution in [0.2, 0.25) is 0 Å². The van der Waals surface area contributed by atoms with E-state index in [1.165, 1.54) is 0 Å². The van der Waals surface area contributed by atoms with Gasteiger partial charge < -0.3 is 10.1 Å². The molecular formula is C15H18N6O. The van der Waals surface area contributed by atoms with E-state index in [-0.39, 0.29) is 12.1 Å². The molecule has 0 radical (unpaired) electrons. The monoisotopic (exact) mass is 298 g/mol. The minimum absolute atomic E-state index is 0.0218. The van der Waals surface area contributed by atoms with Gasteiger partial charge in [0.2, 0.25) is 0 Å². The number of pyridine rings is 1. The third kappa shape index (κ3) is 2.14. The van der Waals surface area contributed by atoms with Crippen LogP contribution >= 0.6 is 0 Å². The number of anilines is 1. The number of fused-ring (bicyclic) bond motifs is 1. The van der Waals surface area contributed by atoms with Gasteiger partial charge in [0.15, 0.2) is 5.65 Å². The maximum absolute atomic E-state index is 5.90. The molecule has 1 saturated heterocycles. The molecule has 1 fully saturated rings. The van der Waals surface area contributed by atoms with E-state index >= 15 is 0 Å². The number of ether oxygens (including phenoxy) is 1. The highest BCUT2D eigenvalue weighted by molar-refractivity contribution is 5.88. The van der Waals surface area contributed by atoms with Crippen LogP contribution in [0.25, 0.3) is 11.0 Å². The van der Waals surface area contributed by atoms with Crippen molar-refractivity contribution < 1.29 is 4.74 Å². The first-order chi connectivity index (χ1) is 10.7. The maximum Gasteiger partial charge on any atom is 0.159 e. The molecule has 4 rings (SSSR count). The van der Waals surface area contributed by atoms with Gasteiger partial charge in [0, 0.05) is 44.3 Å². The zero-order valence-corrected chi connectivity index (χ0v) is 12.6. The van der Waals surface area contributed by atoms with Crippen molar-refractivity contribution in [3.63, 3.8) is 0 Å². The number of nitrogens with zero attached hydrogens (tertiary/aromatic N) is 5. The first kappa shape index (κ1) is 13.3. The molecule has 0 bridgehead atoms. The number of nitrogens with one attached hydrogen (secondary N) is 1. The molecule has 0 aromatic carbocycles. The Bertz CT molecular complexity index is 807. The second kappa shape index (κ2) is 5.10. The lowest BCUT2D eigenvalue weighted by Gasteiger charge is -2.20. The lowest BCUT2D eigenvalue weighted by atomic mass is 10.0. The zero-order valence-electron chi connectivity index (χ0n) is 12.6. The first-order valence-corrected chi connectivity index (χ1v) is 7.36. The van der Waals surface area contributed by atoms with Crippen molar-refractivity contribution in [2.24, 2.45) is 14.1 Å². The van der Waals surface area contributed by atoms with Crippen molar-refractivity contribution in [3.8, 4) is 0 Å². The molecule has 1 aliphatic rings.